The highest BCUT2D eigenvalue weighted by molar-refractivity contribution is 5.95. The van der Waals surface area contributed by atoms with Crippen LogP contribution in [0, 0.1) is 0 Å². The second-order valence-corrected chi connectivity index (χ2v) is 13.5. The number of nitrogens with zero attached hydrogens (tertiary/aromatic N) is 3. The number of benzene rings is 4. The molecular formula is C42H53N3. The van der Waals surface area contributed by atoms with E-state index in [9.17, 15) is 0 Å². The fourth-order valence-electron chi connectivity index (χ4n) is 8.46. The molecule has 2 aliphatic rings. The van der Waals surface area contributed by atoms with Crippen LogP contribution in [0.5, 0.6) is 0 Å². The Bertz CT molecular complexity index is 1610. The van der Waals surface area contributed by atoms with Gasteiger partial charge in [-0.05, 0) is 114 Å². The molecule has 45 heavy (non-hydrogen) atoms. The lowest BCUT2D eigenvalue weighted by molar-refractivity contribution is 0.135. The van der Waals surface area contributed by atoms with Gasteiger partial charge in [0.15, 0.2) is 0 Å². The summed E-state index contributed by atoms with van der Waals surface area (Å²) < 4.78 is 0. The van der Waals surface area contributed by atoms with Crippen molar-refractivity contribution >= 4 is 0 Å². The average Bonchev–Trinajstić information content (AvgIpc) is 3.52. The Balaban J connectivity index is 1.66. The summed E-state index contributed by atoms with van der Waals surface area (Å²) in [5.74, 6) is 0. The molecule has 0 N–H and O–H groups in total. The molecule has 0 radical (unpaired) electrons. The molecule has 1 spiro atoms. The zero-order valence-electron chi connectivity index (χ0n) is 29.0. The van der Waals surface area contributed by atoms with Crippen LogP contribution in [0.2, 0.25) is 0 Å². The molecule has 0 heterocycles. The number of rotatable bonds is 12. The lowest BCUT2D eigenvalue weighted by Gasteiger charge is -2.39. The van der Waals surface area contributed by atoms with Crippen molar-refractivity contribution in [2.24, 2.45) is 0 Å². The summed E-state index contributed by atoms with van der Waals surface area (Å²) in [5.41, 5.74) is 15.1. The molecule has 0 aromatic heterocycles. The van der Waals surface area contributed by atoms with Crippen LogP contribution in [0.3, 0.4) is 0 Å². The van der Waals surface area contributed by atoms with Crippen molar-refractivity contribution in [2.45, 2.75) is 79.4 Å². The van der Waals surface area contributed by atoms with Crippen LogP contribution in [-0.2, 0) is 24.0 Å². The van der Waals surface area contributed by atoms with Crippen LogP contribution >= 0.6 is 0 Å². The summed E-state index contributed by atoms with van der Waals surface area (Å²) in [7, 11) is 0. The smallest absolute Gasteiger partial charge is 0.0725 e. The third-order valence-corrected chi connectivity index (χ3v) is 11.2. The van der Waals surface area contributed by atoms with Gasteiger partial charge in [0.05, 0.1) is 5.41 Å². The van der Waals surface area contributed by atoms with Crippen molar-refractivity contribution < 1.29 is 0 Å². The summed E-state index contributed by atoms with van der Waals surface area (Å²) >= 11 is 0. The molecule has 0 fully saturated rings. The molecule has 3 heteroatoms. The van der Waals surface area contributed by atoms with Crippen molar-refractivity contribution in [1.82, 2.24) is 14.7 Å². The van der Waals surface area contributed by atoms with Crippen molar-refractivity contribution in [3.63, 3.8) is 0 Å². The van der Waals surface area contributed by atoms with E-state index in [1.807, 2.05) is 0 Å². The average molecular weight is 600 g/mol. The molecule has 0 aliphatic heterocycles. The third-order valence-electron chi connectivity index (χ3n) is 11.2. The van der Waals surface area contributed by atoms with Gasteiger partial charge in [-0.2, -0.15) is 0 Å². The van der Waals surface area contributed by atoms with Gasteiger partial charge in [0.25, 0.3) is 0 Å². The molecule has 4 aromatic rings. The zero-order chi connectivity index (χ0) is 31.9. The van der Waals surface area contributed by atoms with Gasteiger partial charge in [-0.25, -0.2) is 0 Å². The van der Waals surface area contributed by atoms with Crippen LogP contribution in [0.1, 0.15) is 94.3 Å². The molecule has 0 amide bonds. The predicted octanol–water partition coefficient (Wildman–Crippen LogP) is 9.29. The summed E-state index contributed by atoms with van der Waals surface area (Å²) in [6.07, 6.45) is 0. The molecule has 4 aromatic carbocycles. The maximum Gasteiger partial charge on any atom is 0.0725 e. The number of hydrogen-bond donors (Lipinski definition) is 0. The third kappa shape index (κ3) is 4.99. The van der Waals surface area contributed by atoms with E-state index >= 15 is 0 Å². The van der Waals surface area contributed by atoms with Gasteiger partial charge in [0.1, 0.15) is 0 Å². The monoisotopic (exact) mass is 599 g/mol. The predicted molar refractivity (Wildman–Crippen MR) is 192 cm³/mol. The lowest BCUT2D eigenvalue weighted by atomic mass is 9.69. The van der Waals surface area contributed by atoms with E-state index in [0.717, 1.165) is 52.4 Å². The van der Waals surface area contributed by atoms with Gasteiger partial charge in [-0.1, -0.05) is 120 Å². The van der Waals surface area contributed by atoms with E-state index in [2.05, 4.69) is 149 Å². The van der Waals surface area contributed by atoms with Gasteiger partial charge < -0.3 is 0 Å². The Hall–Kier alpha value is -3.24. The van der Waals surface area contributed by atoms with Gasteiger partial charge in [-0.15, -0.1) is 0 Å². The molecule has 0 atom stereocenters. The normalized spacial score (nSPS) is 14.4. The Kier molecular flexibility index (Phi) is 8.82. The minimum Gasteiger partial charge on any atom is -0.300 e. The molecule has 6 rings (SSSR count). The highest BCUT2D eigenvalue weighted by atomic mass is 15.2. The van der Waals surface area contributed by atoms with E-state index in [4.69, 9.17) is 0 Å². The Morgan fingerprint density at radius 1 is 0.489 bits per heavy atom. The maximum absolute atomic E-state index is 2.59. The standard InChI is InChI=1S/C42H53N3/c1-9-43(10-2)28-30-19-22-34-35-23-20-31(29-44(11-3)12-4)26-39(35)42(38(34)25-30)37-18-16-15-17-33(37)36-24-21-32(27-40(36)42)41(7,8)45(13-5)14-6/h15-27H,9-14,28-29H2,1-8H3. The first-order valence-electron chi connectivity index (χ1n) is 17.5. The zero-order valence-corrected chi connectivity index (χ0v) is 29.0. The molecule has 0 bridgehead atoms. The van der Waals surface area contributed by atoms with Crippen LogP contribution < -0.4 is 0 Å². The SMILES string of the molecule is CCN(CC)Cc1ccc2c(c1)C1(c3ccccc3-c3ccc(C(C)(C)N(CC)CC)cc31)c1cc(CN(CC)CC)ccc1-2. The molecule has 0 saturated carbocycles. The van der Waals surface area contributed by atoms with Crippen molar-refractivity contribution in [2.75, 3.05) is 39.3 Å². The highest BCUT2D eigenvalue weighted by Gasteiger charge is 2.52. The van der Waals surface area contributed by atoms with Crippen molar-refractivity contribution in [3.05, 3.63) is 118 Å². The largest absolute Gasteiger partial charge is 0.300 e. The lowest BCUT2D eigenvalue weighted by Crippen LogP contribution is -2.41. The van der Waals surface area contributed by atoms with Gasteiger partial charge in [0, 0.05) is 18.6 Å². The molecule has 3 nitrogen and oxygen atoms in total. The number of hydrogen-bond acceptors (Lipinski definition) is 3. The fourth-order valence-corrected chi connectivity index (χ4v) is 8.46. The van der Waals surface area contributed by atoms with Crippen LogP contribution in [0.4, 0.5) is 0 Å². The molecule has 2 aliphatic carbocycles. The van der Waals surface area contributed by atoms with Crippen LogP contribution in [-0.4, -0.2) is 54.0 Å². The first-order chi connectivity index (χ1) is 21.8. The van der Waals surface area contributed by atoms with Gasteiger partial charge in [-0.3, -0.25) is 14.7 Å². The van der Waals surface area contributed by atoms with E-state index < -0.39 is 0 Å². The summed E-state index contributed by atoms with van der Waals surface area (Å²) in [5, 5.41) is 0. The van der Waals surface area contributed by atoms with E-state index in [1.54, 1.807) is 0 Å². The molecule has 0 unspecified atom stereocenters. The quantitative estimate of drug-likeness (QED) is 0.139. The van der Waals surface area contributed by atoms with Crippen molar-refractivity contribution in [3.8, 4) is 22.3 Å². The van der Waals surface area contributed by atoms with Crippen LogP contribution in [0.25, 0.3) is 22.3 Å². The molecular weight excluding hydrogens is 546 g/mol. The summed E-state index contributed by atoms with van der Waals surface area (Å²) in [4.78, 5) is 7.64. The van der Waals surface area contributed by atoms with E-state index in [0.29, 0.717) is 0 Å². The fraction of sp³-hybridized carbons (Fsp3) is 0.429. The first kappa shape index (κ1) is 31.7. The van der Waals surface area contributed by atoms with E-state index in [-0.39, 0.29) is 11.0 Å². The Morgan fingerprint density at radius 3 is 1.42 bits per heavy atom. The first-order valence-corrected chi connectivity index (χ1v) is 17.5. The Labute approximate surface area is 272 Å². The summed E-state index contributed by atoms with van der Waals surface area (Å²) in [6.45, 7) is 26.7. The highest BCUT2D eigenvalue weighted by Crippen LogP contribution is 2.63. The van der Waals surface area contributed by atoms with E-state index in [1.165, 1.54) is 61.2 Å². The van der Waals surface area contributed by atoms with Gasteiger partial charge in [0.2, 0.25) is 0 Å². The van der Waals surface area contributed by atoms with Crippen molar-refractivity contribution in [1.29, 1.82) is 0 Å². The topological polar surface area (TPSA) is 9.72 Å². The minimum atomic E-state index is -0.343. The van der Waals surface area contributed by atoms with Gasteiger partial charge >= 0.3 is 0 Å². The number of fused-ring (bicyclic) bond motifs is 10. The summed E-state index contributed by atoms with van der Waals surface area (Å²) in [6, 6.07) is 31.4. The molecule has 0 saturated heterocycles. The molecule has 236 valence electrons. The Morgan fingerprint density at radius 2 is 0.933 bits per heavy atom. The minimum absolute atomic E-state index is 0.0754. The second kappa shape index (κ2) is 12.5. The second-order valence-electron chi connectivity index (χ2n) is 13.5. The maximum atomic E-state index is 2.59. The van der Waals surface area contributed by atoms with Crippen LogP contribution in [0.15, 0.2) is 78.9 Å².